The van der Waals surface area contributed by atoms with Crippen LogP contribution in [0.4, 0.5) is 5.69 Å². The molecule has 2 aromatic carbocycles. The van der Waals surface area contributed by atoms with Crippen LogP contribution in [-0.2, 0) is 20.9 Å². The van der Waals surface area contributed by atoms with Gasteiger partial charge in [0.15, 0.2) is 0 Å². The van der Waals surface area contributed by atoms with E-state index < -0.39 is 17.9 Å². The Morgan fingerprint density at radius 2 is 1.70 bits per heavy atom. The Morgan fingerprint density at radius 3 is 2.33 bits per heavy atom. The van der Waals surface area contributed by atoms with Crippen LogP contribution in [0.3, 0.4) is 0 Å². The van der Waals surface area contributed by atoms with Gasteiger partial charge in [-0.05, 0) is 36.8 Å². The van der Waals surface area contributed by atoms with E-state index in [-0.39, 0.29) is 12.3 Å². The van der Waals surface area contributed by atoms with Gasteiger partial charge in [0.1, 0.15) is 6.04 Å². The highest BCUT2D eigenvalue weighted by molar-refractivity contribution is 5.97. The van der Waals surface area contributed by atoms with Crippen LogP contribution in [0.15, 0.2) is 54.6 Å². The minimum atomic E-state index is -1.11. The Kier molecular flexibility index (Phi) is 7.51. The maximum atomic E-state index is 11.9. The van der Waals surface area contributed by atoms with Crippen molar-refractivity contribution in [3.63, 3.8) is 0 Å². The Bertz CT molecular complexity index is 775. The van der Waals surface area contributed by atoms with Gasteiger partial charge in [-0.1, -0.05) is 30.3 Å². The molecule has 142 valence electrons. The van der Waals surface area contributed by atoms with E-state index in [1.165, 1.54) is 19.1 Å². The van der Waals surface area contributed by atoms with Gasteiger partial charge in [-0.15, -0.1) is 0 Å². The first-order valence-electron chi connectivity index (χ1n) is 8.51. The van der Waals surface area contributed by atoms with E-state index in [9.17, 15) is 14.4 Å². The van der Waals surface area contributed by atoms with Gasteiger partial charge >= 0.3 is 5.97 Å². The summed E-state index contributed by atoms with van der Waals surface area (Å²) in [6, 6.07) is 14.9. The average molecular weight is 370 g/mol. The number of nitrogens with one attached hydrogen (secondary N) is 2. The second kappa shape index (κ2) is 10.1. The molecule has 1 atom stereocenters. The summed E-state index contributed by atoms with van der Waals surface area (Å²) in [6.07, 6.45) is 0.213. The van der Waals surface area contributed by atoms with Gasteiger partial charge in [0, 0.05) is 11.3 Å². The van der Waals surface area contributed by atoms with Gasteiger partial charge in [0.2, 0.25) is 5.91 Å². The first kappa shape index (κ1) is 20.1. The molecule has 7 heteroatoms. The van der Waals surface area contributed by atoms with Crippen LogP contribution in [0, 0.1) is 0 Å². The second-order valence-corrected chi connectivity index (χ2v) is 5.95. The predicted molar refractivity (Wildman–Crippen MR) is 100 cm³/mol. The van der Waals surface area contributed by atoms with Crippen LogP contribution in [-0.4, -0.2) is 35.5 Å². The molecule has 0 radical (unpaired) electrons. The van der Waals surface area contributed by atoms with Gasteiger partial charge < -0.3 is 20.5 Å². The molecule has 0 saturated carbocycles. The predicted octanol–water partition coefficient (Wildman–Crippen LogP) is 2.43. The number of carbonyl (C=O) groups is 3. The summed E-state index contributed by atoms with van der Waals surface area (Å²) in [5.74, 6) is -1.79. The second-order valence-electron chi connectivity index (χ2n) is 5.95. The van der Waals surface area contributed by atoms with Crippen molar-refractivity contribution >= 4 is 23.5 Å². The molecule has 2 rings (SSSR count). The summed E-state index contributed by atoms with van der Waals surface area (Å²) >= 11 is 0. The molecule has 0 spiro atoms. The highest BCUT2D eigenvalue weighted by atomic mass is 16.5. The third-order valence-electron chi connectivity index (χ3n) is 3.73. The van der Waals surface area contributed by atoms with Crippen LogP contribution in [0.5, 0.6) is 0 Å². The normalized spacial score (nSPS) is 11.4. The highest BCUT2D eigenvalue weighted by Crippen LogP contribution is 2.10. The van der Waals surface area contributed by atoms with Crippen molar-refractivity contribution in [2.45, 2.75) is 26.0 Å². The third-order valence-corrected chi connectivity index (χ3v) is 3.73. The van der Waals surface area contributed by atoms with Gasteiger partial charge in [-0.25, -0.2) is 0 Å². The molecule has 0 aliphatic carbocycles. The van der Waals surface area contributed by atoms with Gasteiger partial charge in [-0.3, -0.25) is 14.4 Å². The maximum absolute atomic E-state index is 11.9. The minimum absolute atomic E-state index is 0.195. The molecule has 1 unspecified atom stereocenters. The summed E-state index contributed by atoms with van der Waals surface area (Å²) < 4.78 is 5.47. The van der Waals surface area contributed by atoms with Gasteiger partial charge in [-0.2, -0.15) is 0 Å². The lowest BCUT2D eigenvalue weighted by Crippen LogP contribution is -2.38. The number of carboxylic acids is 1. The maximum Gasteiger partial charge on any atom is 0.325 e. The lowest BCUT2D eigenvalue weighted by atomic mass is 10.2. The molecule has 2 aromatic rings. The molecule has 0 aromatic heterocycles. The van der Waals surface area contributed by atoms with Crippen LogP contribution in [0.25, 0.3) is 0 Å². The van der Waals surface area contributed by atoms with Crippen molar-refractivity contribution in [1.29, 1.82) is 0 Å². The molecule has 2 amide bonds. The first-order valence-corrected chi connectivity index (χ1v) is 8.51. The van der Waals surface area contributed by atoms with E-state index in [0.717, 1.165) is 5.56 Å². The fourth-order valence-electron chi connectivity index (χ4n) is 2.20. The van der Waals surface area contributed by atoms with Crippen molar-refractivity contribution < 1.29 is 24.2 Å². The van der Waals surface area contributed by atoms with E-state index in [2.05, 4.69) is 10.6 Å². The number of rotatable bonds is 9. The number of anilines is 1. The fourth-order valence-corrected chi connectivity index (χ4v) is 2.20. The summed E-state index contributed by atoms with van der Waals surface area (Å²) in [5, 5.41) is 13.9. The Balaban J connectivity index is 1.74. The Morgan fingerprint density at radius 1 is 1.04 bits per heavy atom. The highest BCUT2D eigenvalue weighted by Gasteiger charge is 2.15. The number of amides is 2. The molecule has 0 saturated heterocycles. The van der Waals surface area contributed by atoms with Crippen LogP contribution < -0.4 is 10.6 Å². The van der Waals surface area contributed by atoms with Crippen LogP contribution in [0.2, 0.25) is 0 Å². The topological polar surface area (TPSA) is 105 Å². The zero-order chi connectivity index (χ0) is 19.6. The Labute approximate surface area is 157 Å². The van der Waals surface area contributed by atoms with E-state index in [0.29, 0.717) is 24.5 Å². The van der Waals surface area contributed by atoms with Crippen LogP contribution in [0.1, 0.15) is 29.3 Å². The lowest BCUT2D eigenvalue weighted by Gasteiger charge is -2.10. The van der Waals surface area contributed by atoms with Gasteiger partial charge in [0.05, 0.1) is 19.6 Å². The largest absolute Gasteiger partial charge is 0.480 e. The van der Waals surface area contributed by atoms with Crippen molar-refractivity contribution in [1.82, 2.24) is 5.32 Å². The molecular weight excluding hydrogens is 348 g/mol. The standard InChI is InChI=1S/C20H22N2O5/c1-14(20(25)26)21-19(24)16-7-9-17(10-8-16)22-18(23)11-12-27-13-15-5-3-2-4-6-15/h2-10,14H,11-13H2,1H3,(H,21,24)(H,22,23)(H,25,26). The molecule has 7 nitrogen and oxygen atoms in total. The van der Waals surface area contributed by atoms with Crippen molar-refractivity contribution in [2.24, 2.45) is 0 Å². The van der Waals surface area contributed by atoms with E-state index >= 15 is 0 Å². The molecule has 27 heavy (non-hydrogen) atoms. The smallest absolute Gasteiger partial charge is 0.325 e. The summed E-state index contributed by atoms with van der Waals surface area (Å²) in [4.78, 5) is 34.6. The van der Waals surface area contributed by atoms with Crippen molar-refractivity contribution in [2.75, 3.05) is 11.9 Å². The lowest BCUT2D eigenvalue weighted by molar-refractivity contribution is -0.138. The number of benzene rings is 2. The van der Waals surface area contributed by atoms with Crippen molar-refractivity contribution in [3.05, 3.63) is 65.7 Å². The number of hydrogen-bond acceptors (Lipinski definition) is 4. The molecule has 0 heterocycles. The van der Waals surface area contributed by atoms with Crippen molar-refractivity contribution in [3.8, 4) is 0 Å². The number of hydrogen-bond donors (Lipinski definition) is 3. The molecule has 0 bridgehead atoms. The van der Waals surface area contributed by atoms with Gasteiger partial charge in [0.25, 0.3) is 5.91 Å². The monoisotopic (exact) mass is 370 g/mol. The zero-order valence-corrected chi connectivity index (χ0v) is 15.0. The quantitative estimate of drug-likeness (QED) is 0.588. The van der Waals surface area contributed by atoms with E-state index in [1.54, 1.807) is 12.1 Å². The summed E-state index contributed by atoms with van der Waals surface area (Å²) in [7, 11) is 0. The van der Waals surface area contributed by atoms with Crippen LogP contribution >= 0.6 is 0 Å². The fraction of sp³-hybridized carbons (Fsp3) is 0.250. The molecule has 3 N–H and O–H groups in total. The molecular formula is C20H22N2O5. The number of carbonyl (C=O) groups excluding carboxylic acids is 2. The SMILES string of the molecule is CC(NC(=O)c1ccc(NC(=O)CCOCc2ccccc2)cc1)C(=O)O. The molecule has 0 aliphatic rings. The number of carboxylic acid groups (broad SMARTS) is 1. The summed E-state index contributed by atoms with van der Waals surface area (Å²) in [6.45, 7) is 2.13. The molecule has 0 fully saturated rings. The minimum Gasteiger partial charge on any atom is -0.480 e. The Hall–Kier alpha value is -3.19. The first-order chi connectivity index (χ1) is 13.0. The van der Waals surface area contributed by atoms with E-state index in [4.69, 9.17) is 9.84 Å². The zero-order valence-electron chi connectivity index (χ0n) is 15.0. The third kappa shape index (κ3) is 6.91. The average Bonchev–Trinajstić information content (AvgIpc) is 2.66. The number of ether oxygens (including phenoxy) is 1. The number of aliphatic carboxylic acids is 1. The summed E-state index contributed by atoms with van der Waals surface area (Å²) in [5.41, 5.74) is 1.90. The molecule has 0 aliphatic heterocycles. The van der Waals surface area contributed by atoms with E-state index in [1.807, 2.05) is 30.3 Å².